The predicted octanol–water partition coefficient (Wildman–Crippen LogP) is 1.57. The van der Waals surface area contributed by atoms with Crippen LogP contribution in [-0.2, 0) is 9.47 Å². The maximum Gasteiger partial charge on any atom is 0.0755 e. The van der Waals surface area contributed by atoms with E-state index in [2.05, 4.69) is 26.1 Å². The molecule has 1 heterocycles. The Hall–Kier alpha value is -0.120. The molecular weight excluding hydrogens is 178 g/mol. The lowest BCUT2D eigenvalue weighted by Crippen LogP contribution is -2.42. The summed E-state index contributed by atoms with van der Waals surface area (Å²) in [7, 11) is 1.97. The Balaban J connectivity index is 2.30. The highest BCUT2D eigenvalue weighted by atomic mass is 16.5. The van der Waals surface area contributed by atoms with Gasteiger partial charge in [-0.1, -0.05) is 0 Å². The summed E-state index contributed by atoms with van der Waals surface area (Å²) in [5.41, 5.74) is 0. The molecule has 0 aliphatic carbocycles. The topological polar surface area (TPSA) is 30.5 Å². The third kappa shape index (κ3) is 3.56. The summed E-state index contributed by atoms with van der Waals surface area (Å²) in [4.78, 5) is 0. The lowest BCUT2D eigenvalue weighted by Gasteiger charge is -2.24. The highest BCUT2D eigenvalue weighted by molar-refractivity contribution is 4.81. The first-order valence-corrected chi connectivity index (χ1v) is 5.57. The number of ether oxygens (including phenoxy) is 2. The molecule has 0 aromatic rings. The lowest BCUT2D eigenvalue weighted by atomic mass is 10.1. The van der Waals surface area contributed by atoms with Crippen LogP contribution >= 0.6 is 0 Å². The average molecular weight is 201 g/mol. The standard InChI is InChI=1S/C11H23NO2/c1-8(2)13-7-10(12-4)11-6-5-9(3)14-11/h8-12H,5-7H2,1-4H3. The van der Waals surface area contributed by atoms with Gasteiger partial charge in [0.25, 0.3) is 0 Å². The molecule has 0 radical (unpaired) electrons. The molecule has 0 saturated carbocycles. The molecule has 0 amide bonds. The average Bonchev–Trinajstić information content (AvgIpc) is 2.53. The molecule has 1 N–H and O–H groups in total. The van der Waals surface area contributed by atoms with Crippen molar-refractivity contribution in [3.8, 4) is 0 Å². The van der Waals surface area contributed by atoms with E-state index < -0.39 is 0 Å². The summed E-state index contributed by atoms with van der Waals surface area (Å²) >= 11 is 0. The van der Waals surface area contributed by atoms with E-state index in [1.807, 2.05) is 7.05 Å². The van der Waals surface area contributed by atoms with Crippen LogP contribution in [0.25, 0.3) is 0 Å². The Bertz CT molecular complexity index is 161. The van der Waals surface area contributed by atoms with Crippen LogP contribution in [0, 0.1) is 0 Å². The van der Waals surface area contributed by atoms with Gasteiger partial charge in [-0.05, 0) is 40.7 Å². The van der Waals surface area contributed by atoms with Crippen molar-refractivity contribution in [3.05, 3.63) is 0 Å². The highest BCUT2D eigenvalue weighted by Gasteiger charge is 2.28. The molecule has 3 unspecified atom stereocenters. The Labute approximate surface area is 87.2 Å². The van der Waals surface area contributed by atoms with E-state index in [1.165, 1.54) is 6.42 Å². The van der Waals surface area contributed by atoms with Crippen molar-refractivity contribution in [2.75, 3.05) is 13.7 Å². The van der Waals surface area contributed by atoms with Gasteiger partial charge in [-0.15, -0.1) is 0 Å². The first kappa shape index (κ1) is 12.0. The van der Waals surface area contributed by atoms with Crippen molar-refractivity contribution in [2.24, 2.45) is 0 Å². The summed E-state index contributed by atoms with van der Waals surface area (Å²) in [5.74, 6) is 0. The van der Waals surface area contributed by atoms with Gasteiger partial charge in [-0.2, -0.15) is 0 Å². The summed E-state index contributed by atoms with van der Waals surface area (Å²) in [6.45, 7) is 7.00. The van der Waals surface area contributed by atoms with Crippen LogP contribution in [0.15, 0.2) is 0 Å². The van der Waals surface area contributed by atoms with Crippen LogP contribution in [-0.4, -0.2) is 38.0 Å². The van der Waals surface area contributed by atoms with E-state index >= 15 is 0 Å². The molecule has 3 atom stereocenters. The molecule has 1 aliphatic heterocycles. The fraction of sp³-hybridized carbons (Fsp3) is 1.00. The lowest BCUT2D eigenvalue weighted by molar-refractivity contribution is -0.00960. The second-order valence-electron chi connectivity index (χ2n) is 4.34. The van der Waals surface area contributed by atoms with Gasteiger partial charge in [0.1, 0.15) is 0 Å². The van der Waals surface area contributed by atoms with Crippen LogP contribution in [0.5, 0.6) is 0 Å². The van der Waals surface area contributed by atoms with Gasteiger partial charge in [0.15, 0.2) is 0 Å². The maximum atomic E-state index is 5.80. The van der Waals surface area contributed by atoms with E-state index in [4.69, 9.17) is 9.47 Å². The maximum absolute atomic E-state index is 5.80. The molecule has 0 aromatic carbocycles. The minimum Gasteiger partial charge on any atom is -0.377 e. The molecule has 1 fully saturated rings. The van der Waals surface area contributed by atoms with E-state index in [-0.39, 0.29) is 0 Å². The monoisotopic (exact) mass is 201 g/mol. The SMILES string of the molecule is CNC(COC(C)C)C1CCC(C)O1. The third-order valence-electron chi connectivity index (χ3n) is 2.69. The third-order valence-corrected chi connectivity index (χ3v) is 2.69. The molecule has 0 aromatic heterocycles. The summed E-state index contributed by atoms with van der Waals surface area (Å²) in [5, 5.41) is 3.27. The van der Waals surface area contributed by atoms with Crippen LogP contribution in [0.2, 0.25) is 0 Å². The van der Waals surface area contributed by atoms with Gasteiger partial charge < -0.3 is 14.8 Å². The first-order valence-electron chi connectivity index (χ1n) is 5.57. The summed E-state index contributed by atoms with van der Waals surface area (Å²) in [6, 6.07) is 0.336. The van der Waals surface area contributed by atoms with Gasteiger partial charge in [0.05, 0.1) is 31.0 Å². The minimum absolute atomic E-state index is 0.296. The number of rotatable bonds is 5. The van der Waals surface area contributed by atoms with Gasteiger partial charge >= 0.3 is 0 Å². The van der Waals surface area contributed by atoms with Crippen LogP contribution in [0.1, 0.15) is 33.6 Å². The molecule has 0 bridgehead atoms. The predicted molar refractivity (Wildman–Crippen MR) is 57.5 cm³/mol. The second kappa shape index (κ2) is 5.69. The van der Waals surface area contributed by atoms with Crippen LogP contribution < -0.4 is 5.32 Å². The zero-order chi connectivity index (χ0) is 10.6. The fourth-order valence-electron chi connectivity index (χ4n) is 1.80. The molecule has 1 saturated heterocycles. The molecule has 14 heavy (non-hydrogen) atoms. The molecule has 0 spiro atoms. The van der Waals surface area contributed by atoms with Gasteiger partial charge in [0, 0.05) is 0 Å². The van der Waals surface area contributed by atoms with E-state index in [0.29, 0.717) is 24.4 Å². The van der Waals surface area contributed by atoms with Crippen molar-refractivity contribution in [3.63, 3.8) is 0 Å². The van der Waals surface area contributed by atoms with Gasteiger partial charge in [-0.3, -0.25) is 0 Å². The molecule has 1 rings (SSSR count). The van der Waals surface area contributed by atoms with Crippen molar-refractivity contribution >= 4 is 0 Å². The quantitative estimate of drug-likeness (QED) is 0.732. The summed E-state index contributed by atoms with van der Waals surface area (Å²) in [6.07, 6.45) is 3.35. The zero-order valence-corrected chi connectivity index (χ0v) is 9.75. The molecular formula is C11H23NO2. The zero-order valence-electron chi connectivity index (χ0n) is 9.75. The van der Waals surface area contributed by atoms with Crippen molar-refractivity contribution in [2.45, 2.75) is 58.0 Å². The Morgan fingerprint density at radius 2 is 2.14 bits per heavy atom. The number of likely N-dealkylation sites (N-methyl/N-ethyl adjacent to an activating group) is 1. The van der Waals surface area contributed by atoms with E-state index in [9.17, 15) is 0 Å². The van der Waals surface area contributed by atoms with Crippen LogP contribution in [0.4, 0.5) is 0 Å². The van der Waals surface area contributed by atoms with Gasteiger partial charge in [-0.25, -0.2) is 0 Å². The molecule has 1 aliphatic rings. The normalized spacial score (nSPS) is 29.8. The second-order valence-corrected chi connectivity index (χ2v) is 4.34. The Morgan fingerprint density at radius 1 is 1.43 bits per heavy atom. The molecule has 3 nitrogen and oxygen atoms in total. The van der Waals surface area contributed by atoms with Crippen molar-refractivity contribution < 1.29 is 9.47 Å². The largest absolute Gasteiger partial charge is 0.377 e. The number of hydrogen-bond donors (Lipinski definition) is 1. The summed E-state index contributed by atoms with van der Waals surface area (Å²) < 4.78 is 11.4. The number of hydrogen-bond acceptors (Lipinski definition) is 3. The van der Waals surface area contributed by atoms with E-state index in [0.717, 1.165) is 13.0 Å². The smallest absolute Gasteiger partial charge is 0.0755 e. The van der Waals surface area contributed by atoms with E-state index in [1.54, 1.807) is 0 Å². The molecule has 3 heteroatoms. The Morgan fingerprint density at radius 3 is 2.57 bits per heavy atom. The van der Waals surface area contributed by atoms with Crippen molar-refractivity contribution in [1.82, 2.24) is 5.32 Å². The minimum atomic E-state index is 0.296. The fourth-order valence-corrected chi connectivity index (χ4v) is 1.80. The van der Waals surface area contributed by atoms with Gasteiger partial charge in [0.2, 0.25) is 0 Å². The Kier molecular flexibility index (Phi) is 4.85. The number of nitrogens with one attached hydrogen (secondary N) is 1. The van der Waals surface area contributed by atoms with Crippen LogP contribution in [0.3, 0.4) is 0 Å². The highest BCUT2D eigenvalue weighted by Crippen LogP contribution is 2.21. The molecule has 84 valence electrons. The van der Waals surface area contributed by atoms with Crippen molar-refractivity contribution in [1.29, 1.82) is 0 Å². The first-order chi connectivity index (χ1) is 6.63.